The standard InChI is InChI=1S/C24H33N3O4S/c1-6-21(24(29)25-7-2)26(16-20-11-9-8-10-12-20)23(28)17-27(32(5,30)31)22-14-13-18(3)15-19(22)4/h8-15,21H,6-7,16-17H2,1-5H3,(H,25,29)/t21-/m1/s1. The summed E-state index contributed by atoms with van der Waals surface area (Å²) in [6, 6.07) is 14.1. The summed E-state index contributed by atoms with van der Waals surface area (Å²) >= 11 is 0. The fourth-order valence-corrected chi connectivity index (χ4v) is 4.58. The molecule has 1 N–H and O–H groups in total. The highest BCUT2D eigenvalue weighted by atomic mass is 32.2. The average molecular weight is 460 g/mol. The van der Waals surface area contributed by atoms with Crippen molar-refractivity contribution in [3.8, 4) is 0 Å². The molecule has 0 spiro atoms. The van der Waals surface area contributed by atoms with Crippen molar-refractivity contribution in [3.63, 3.8) is 0 Å². The number of hydrogen-bond donors (Lipinski definition) is 1. The Labute approximate surface area is 191 Å². The molecule has 8 heteroatoms. The minimum absolute atomic E-state index is 0.208. The van der Waals surface area contributed by atoms with Gasteiger partial charge in [-0.1, -0.05) is 55.0 Å². The third kappa shape index (κ3) is 6.56. The first-order chi connectivity index (χ1) is 15.1. The molecule has 1 atom stereocenters. The number of benzene rings is 2. The van der Waals surface area contributed by atoms with Crippen LogP contribution in [0.25, 0.3) is 0 Å². The number of carbonyl (C=O) groups excluding carboxylic acids is 2. The summed E-state index contributed by atoms with van der Waals surface area (Å²) in [6.45, 7) is 7.66. The smallest absolute Gasteiger partial charge is 0.244 e. The molecule has 32 heavy (non-hydrogen) atoms. The first-order valence-corrected chi connectivity index (χ1v) is 12.6. The van der Waals surface area contributed by atoms with Crippen molar-refractivity contribution in [2.75, 3.05) is 23.7 Å². The minimum atomic E-state index is -3.73. The molecule has 0 bridgehead atoms. The SMILES string of the molecule is CCNC(=O)[C@@H](CC)N(Cc1ccccc1)C(=O)CN(c1ccc(C)cc1C)S(C)(=O)=O. The number of aryl methyl sites for hydroxylation is 2. The second kappa shape index (κ2) is 11.1. The van der Waals surface area contributed by atoms with E-state index in [4.69, 9.17) is 0 Å². The average Bonchev–Trinajstić information content (AvgIpc) is 2.72. The predicted molar refractivity (Wildman–Crippen MR) is 128 cm³/mol. The zero-order chi connectivity index (χ0) is 23.9. The molecule has 2 amide bonds. The summed E-state index contributed by atoms with van der Waals surface area (Å²) in [4.78, 5) is 27.7. The minimum Gasteiger partial charge on any atom is -0.355 e. The first-order valence-electron chi connectivity index (χ1n) is 10.7. The third-order valence-electron chi connectivity index (χ3n) is 5.23. The van der Waals surface area contributed by atoms with Crippen LogP contribution < -0.4 is 9.62 Å². The molecule has 2 aromatic rings. The van der Waals surface area contributed by atoms with E-state index in [1.54, 1.807) is 6.07 Å². The normalized spacial score (nSPS) is 12.2. The zero-order valence-electron chi connectivity index (χ0n) is 19.5. The van der Waals surface area contributed by atoms with Gasteiger partial charge in [0, 0.05) is 13.1 Å². The number of rotatable bonds is 10. The highest BCUT2D eigenvalue weighted by Gasteiger charge is 2.31. The van der Waals surface area contributed by atoms with Crippen LogP contribution in [0.3, 0.4) is 0 Å². The Morgan fingerprint density at radius 2 is 1.69 bits per heavy atom. The number of sulfonamides is 1. The number of hydrogen-bond acceptors (Lipinski definition) is 4. The molecule has 0 saturated heterocycles. The molecule has 2 aromatic carbocycles. The van der Waals surface area contributed by atoms with Crippen LogP contribution in [-0.2, 0) is 26.2 Å². The first kappa shape index (κ1) is 25.4. The zero-order valence-corrected chi connectivity index (χ0v) is 20.3. The van der Waals surface area contributed by atoms with Crippen molar-refractivity contribution in [2.24, 2.45) is 0 Å². The summed E-state index contributed by atoms with van der Waals surface area (Å²) < 4.78 is 26.4. The van der Waals surface area contributed by atoms with Crippen molar-refractivity contribution in [1.29, 1.82) is 0 Å². The van der Waals surface area contributed by atoms with E-state index in [9.17, 15) is 18.0 Å². The van der Waals surface area contributed by atoms with Crippen molar-refractivity contribution < 1.29 is 18.0 Å². The van der Waals surface area contributed by atoms with E-state index in [-0.39, 0.29) is 19.0 Å². The maximum atomic E-state index is 13.5. The maximum Gasteiger partial charge on any atom is 0.244 e. The number of amides is 2. The molecular weight excluding hydrogens is 426 g/mol. The number of nitrogens with one attached hydrogen (secondary N) is 1. The molecular formula is C24H33N3O4S. The van der Waals surface area contributed by atoms with E-state index in [1.165, 1.54) is 4.90 Å². The number of likely N-dealkylation sites (N-methyl/N-ethyl adjacent to an activating group) is 1. The Bertz CT molecular complexity index is 1040. The summed E-state index contributed by atoms with van der Waals surface area (Å²) in [5.74, 6) is -0.686. The van der Waals surface area contributed by atoms with Crippen LogP contribution in [0.2, 0.25) is 0 Å². The third-order valence-corrected chi connectivity index (χ3v) is 6.36. The molecule has 0 saturated carbocycles. The van der Waals surface area contributed by atoms with Crippen LogP contribution in [0, 0.1) is 13.8 Å². The lowest BCUT2D eigenvalue weighted by molar-refractivity contribution is -0.140. The van der Waals surface area contributed by atoms with Gasteiger partial charge in [-0.15, -0.1) is 0 Å². The van der Waals surface area contributed by atoms with Crippen molar-refractivity contribution in [2.45, 2.75) is 46.7 Å². The van der Waals surface area contributed by atoms with Gasteiger partial charge in [-0.25, -0.2) is 8.42 Å². The van der Waals surface area contributed by atoms with E-state index < -0.39 is 22.0 Å². The van der Waals surface area contributed by atoms with Crippen LogP contribution in [0.4, 0.5) is 5.69 Å². The molecule has 0 unspecified atom stereocenters. The number of anilines is 1. The number of carbonyl (C=O) groups is 2. The molecule has 174 valence electrons. The molecule has 0 aliphatic carbocycles. The van der Waals surface area contributed by atoms with Crippen LogP contribution >= 0.6 is 0 Å². The molecule has 0 aliphatic rings. The molecule has 0 aliphatic heterocycles. The Kier molecular flexibility index (Phi) is 8.83. The van der Waals surface area contributed by atoms with Gasteiger partial charge in [-0.05, 0) is 44.4 Å². The second-order valence-electron chi connectivity index (χ2n) is 7.89. The van der Waals surface area contributed by atoms with E-state index in [2.05, 4.69) is 5.32 Å². The van der Waals surface area contributed by atoms with Gasteiger partial charge in [0.15, 0.2) is 0 Å². The van der Waals surface area contributed by atoms with Crippen LogP contribution in [0.15, 0.2) is 48.5 Å². The summed E-state index contributed by atoms with van der Waals surface area (Å²) in [6.07, 6.45) is 1.50. The molecule has 2 rings (SSSR count). The Morgan fingerprint density at radius 3 is 2.22 bits per heavy atom. The molecule has 0 aromatic heterocycles. The molecule has 7 nitrogen and oxygen atoms in total. The summed E-state index contributed by atoms with van der Waals surface area (Å²) in [7, 11) is -3.73. The maximum absolute atomic E-state index is 13.5. The monoisotopic (exact) mass is 459 g/mol. The lowest BCUT2D eigenvalue weighted by atomic mass is 10.1. The van der Waals surface area contributed by atoms with Crippen LogP contribution in [-0.4, -0.2) is 50.5 Å². The van der Waals surface area contributed by atoms with Crippen molar-refractivity contribution in [1.82, 2.24) is 10.2 Å². The highest BCUT2D eigenvalue weighted by molar-refractivity contribution is 7.92. The summed E-state index contributed by atoms with van der Waals surface area (Å²) in [5, 5.41) is 2.78. The Hall–Kier alpha value is -2.87. The van der Waals surface area contributed by atoms with Crippen molar-refractivity contribution in [3.05, 3.63) is 65.2 Å². The molecule has 0 radical (unpaired) electrons. The quantitative estimate of drug-likeness (QED) is 0.592. The van der Waals surface area contributed by atoms with E-state index in [0.717, 1.165) is 27.3 Å². The van der Waals surface area contributed by atoms with Crippen molar-refractivity contribution >= 4 is 27.5 Å². The van der Waals surface area contributed by atoms with Gasteiger partial charge in [0.25, 0.3) is 0 Å². The lowest BCUT2D eigenvalue weighted by Crippen LogP contribution is -2.52. The van der Waals surface area contributed by atoms with Crippen LogP contribution in [0.5, 0.6) is 0 Å². The van der Waals surface area contributed by atoms with E-state index >= 15 is 0 Å². The fraction of sp³-hybridized carbons (Fsp3) is 0.417. The van der Waals surface area contributed by atoms with Gasteiger partial charge in [0.1, 0.15) is 12.6 Å². The van der Waals surface area contributed by atoms with Gasteiger partial charge in [0.05, 0.1) is 11.9 Å². The predicted octanol–water partition coefficient (Wildman–Crippen LogP) is 3.01. The Balaban J connectivity index is 2.44. The van der Waals surface area contributed by atoms with Gasteiger partial charge >= 0.3 is 0 Å². The van der Waals surface area contributed by atoms with Gasteiger partial charge < -0.3 is 10.2 Å². The second-order valence-corrected chi connectivity index (χ2v) is 9.79. The van der Waals surface area contributed by atoms with E-state index in [0.29, 0.717) is 18.7 Å². The molecule has 0 fully saturated rings. The van der Waals surface area contributed by atoms with E-state index in [1.807, 2.05) is 70.2 Å². The van der Waals surface area contributed by atoms with Crippen LogP contribution in [0.1, 0.15) is 37.0 Å². The Morgan fingerprint density at radius 1 is 1.03 bits per heavy atom. The largest absolute Gasteiger partial charge is 0.355 e. The lowest BCUT2D eigenvalue weighted by Gasteiger charge is -2.33. The van der Waals surface area contributed by atoms with Gasteiger partial charge in [0.2, 0.25) is 21.8 Å². The summed E-state index contributed by atoms with van der Waals surface area (Å²) in [5.41, 5.74) is 3.07. The van der Waals surface area contributed by atoms with Gasteiger partial charge in [-0.2, -0.15) is 0 Å². The number of nitrogens with zero attached hydrogens (tertiary/aromatic N) is 2. The van der Waals surface area contributed by atoms with Gasteiger partial charge in [-0.3, -0.25) is 13.9 Å². The molecule has 0 heterocycles. The fourth-order valence-electron chi connectivity index (χ4n) is 3.67. The highest BCUT2D eigenvalue weighted by Crippen LogP contribution is 2.24. The topological polar surface area (TPSA) is 86.8 Å².